The third-order valence-electron chi connectivity index (χ3n) is 6.93. The summed E-state index contributed by atoms with van der Waals surface area (Å²) in [6, 6.07) is 32.8. The number of ether oxygens (including phenoxy) is 1. The molecule has 3 amide bonds. The number of hydrogen-bond donors (Lipinski definition) is 1. The Balaban J connectivity index is 1.43. The minimum absolute atomic E-state index is 0.232. The largest absolute Gasteiger partial charge is 0.438 e. The molecule has 0 bridgehead atoms. The molecule has 202 valence electrons. The van der Waals surface area contributed by atoms with E-state index < -0.39 is 18.2 Å². The molecule has 0 spiro atoms. The van der Waals surface area contributed by atoms with E-state index in [0.29, 0.717) is 23.4 Å². The average molecular weight is 534 g/mol. The number of benzene rings is 4. The predicted octanol–water partition coefficient (Wildman–Crippen LogP) is 5.97. The van der Waals surface area contributed by atoms with E-state index in [2.05, 4.69) is 5.32 Å². The van der Waals surface area contributed by atoms with Gasteiger partial charge in [0.1, 0.15) is 0 Å². The maximum Gasteiger partial charge on any atom is 0.411 e. The van der Waals surface area contributed by atoms with Crippen molar-refractivity contribution in [3.8, 4) is 0 Å². The van der Waals surface area contributed by atoms with Gasteiger partial charge in [-0.25, -0.2) is 4.79 Å². The molecule has 0 aromatic heterocycles. The van der Waals surface area contributed by atoms with Crippen LogP contribution in [0.25, 0.3) is 0 Å². The number of nitrogens with zero attached hydrogens (tertiary/aromatic N) is 2. The zero-order valence-electron chi connectivity index (χ0n) is 22.5. The molecule has 1 saturated heterocycles. The van der Waals surface area contributed by atoms with Crippen molar-refractivity contribution in [2.45, 2.75) is 32.2 Å². The van der Waals surface area contributed by atoms with E-state index >= 15 is 0 Å². The van der Waals surface area contributed by atoms with Crippen molar-refractivity contribution < 1.29 is 19.1 Å². The Kier molecular flexibility index (Phi) is 7.92. The second-order valence-electron chi connectivity index (χ2n) is 9.99. The average Bonchev–Trinajstić information content (AvgIpc) is 3.29. The number of anilines is 1. The fourth-order valence-corrected chi connectivity index (χ4v) is 4.92. The maximum atomic E-state index is 13.9. The van der Waals surface area contributed by atoms with Gasteiger partial charge in [-0.2, -0.15) is 0 Å². The van der Waals surface area contributed by atoms with Crippen LogP contribution < -0.4 is 5.32 Å². The molecule has 7 nitrogen and oxygen atoms in total. The summed E-state index contributed by atoms with van der Waals surface area (Å²) in [5.41, 5.74) is 4.57. The standard InChI is InChI=1S/C33H31N3O4/c1-23-11-9-17-27(19-23)31(37)34-28-18-10-16-26(20-28)30-29(32(38)35(2)21-24-12-5-3-6-13-24)36(33(39)40-30)22-25-14-7-4-8-15-25/h3-20,29-30H,21-22H2,1-2H3,(H,34,37)/t29-,30+/m1/s1. The van der Waals surface area contributed by atoms with E-state index in [1.807, 2.05) is 91.9 Å². The van der Waals surface area contributed by atoms with Crippen LogP contribution in [0.3, 0.4) is 0 Å². The van der Waals surface area contributed by atoms with E-state index in [1.54, 1.807) is 36.2 Å². The first-order valence-electron chi connectivity index (χ1n) is 13.2. The summed E-state index contributed by atoms with van der Waals surface area (Å²) in [5.74, 6) is -0.477. The van der Waals surface area contributed by atoms with Crippen LogP contribution >= 0.6 is 0 Å². The molecule has 0 radical (unpaired) electrons. The van der Waals surface area contributed by atoms with Crippen molar-refractivity contribution >= 4 is 23.6 Å². The molecule has 0 saturated carbocycles. The Morgan fingerprint density at radius 3 is 2.23 bits per heavy atom. The molecule has 4 aromatic carbocycles. The highest BCUT2D eigenvalue weighted by Crippen LogP contribution is 2.36. The van der Waals surface area contributed by atoms with Gasteiger partial charge in [-0.3, -0.25) is 14.5 Å². The van der Waals surface area contributed by atoms with Crippen molar-refractivity contribution in [2.24, 2.45) is 0 Å². The van der Waals surface area contributed by atoms with Crippen LogP contribution in [0.4, 0.5) is 10.5 Å². The molecule has 1 fully saturated rings. The molecule has 1 N–H and O–H groups in total. The van der Waals surface area contributed by atoms with Gasteiger partial charge < -0.3 is 15.0 Å². The van der Waals surface area contributed by atoms with Gasteiger partial charge in [0, 0.05) is 24.8 Å². The zero-order chi connectivity index (χ0) is 28.1. The molecule has 1 aliphatic heterocycles. The Morgan fingerprint density at radius 1 is 0.850 bits per heavy atom. The molecule has 0 aliphatic carbocycles. The lowest BCUT2D eigenvalue weighted by Gasteiger charge is -2.28. The molecule has 40 heavy (non-hydrogen) atoms. The summed E-state index contributed by atoms with van der Waals surface area (Å²) in [7, 11) is 1.73. The molecular formula is C33H31N3O4. The summed E-state index contributed by atoms with van der Waals surface area (Å²) in [5, 5.41) is 2.92. The van der Waals surface area contributed by atoms with E-state index in [-0.39, 0.29) is 18.4 Å². The van der Waals surface area contributed by atoms with Crippen LogP contribution in [0.1, 0.15) is 38.7 Å². The number of likely N-dealkylation sites (N-methyl/N-ethyl adjacent to an activating group) is 1. The SMILES string of the molecule is Cc1cccc(C(=O)Nc2cccc([C@@H]3OC(=O)N(Cc4ccccc4)[C@H]3C(=O)N(C)Cc3ccccc3)c2)c1. The minimum Gasteiger partial charge on any atom is -0.438 e. The first kappa shape index (κ1) is 26.7. The zero-order valence-corrected chi connectivity index (χ0v) is 22.5. The van der Waals surface area contributed by atoms with Crippen molar-refractivity contribution in [3.05, 3.63) is 137 Å². The molecule has 1 heterocycles. The minimum atomic E-state index is -0.885. The fourth-order valence-electron chi connectivity index (χ4n) is 4.92. The molecular weight excluding hydrogens is 502 g/mol. The normalized spacial score (nSPS) is 16.4. The Morgan fingerprint density at radius 2 is 1.52 bits per heavy atom. The monoisotopic (exact) mass is 533 g/mol. The summed E-state index contributed by atoms with van der Waals surface area (Å²) >= 11 is 0. The van der Waals surface area contributed by atoms with Crippen LogP contribution in [0.15, 0.2) is 109 Å². The number of amides is 3. The number of carbonyl (C=O) groups excluding carboxylic acids is 3. The van der Waals surface area contributed by atoms with Gasteiger partial charge in [0.05, 0.1) is 6.54 Å². The maximum absolute atomic E-state index is 13.9. The van der Waals surface area contributed by atoms with E-state index in [4.69, 9.17) is 4.74 Å². The molecule has 1 aliphatic rings. The van der Waals surface area contributed by atoms with Crippen LogP contribution in [0, 0.1) is 6.92 Å². The van der Waals surface area contributed by atoms with Crippen molar-refractivity contribution in [1.82, 2.24) is 9.80 Å². The van der Waals surface area contributed by atoms with Gasteiger partial charge in [-0.1, -0.05) is 90.5 Å². The summed E-state index contributed by atoms with van der Waals surface area (Å²) in [6.07, 6.45) is -1.41. The lowest BCUT2D eigenvalue weighted by molar-refractivity contribution is -0.136. The quantitative estimate of drug-likeness (QED) is 0.303. The second kappa shape index (κ2) is 11.9. The van der Waals surface area contributed by atoms with Gasteiger partial charge in [0.25, 0.3) is 5.91 Å². The molecule has 2 atom stereocenters. The molecule has 7 heteroatoms. The van der Waals surface area contributed by atoms with Crippen LogP contribution in [0.5, 0.6) is 0 Å². The third kappa shape index (κ3) is 6.04. The van der Waals surface area contributed by atoms with Crippen LogP contribution in [-0.4, -0.2) is 40.8 Å². The van der Waals surface area contributed by atoms with Crippen molar-refractivity contribution in [3.63, 3.8) is 0 Å². The topological polar surface area (TPSA) is 79.0 Å². The van der Waals surface area contributed by atoms with Gasteiger partial charge in [-0.15, -0.1) is 0 Å². The predicted molar refractivity (Wildman–Crippen MR) is 153 cm³/mol. The van der Waals surface area contributed by atoms with Crippen molar-refractivity contribution in [2.75, 3.05) is 12.4 Å². The Labute approximate surface area is 234 Å². The summed E-state index contributed by atoms with van der Waals surface area (Å²) < 4.78 is 5.85. The number of rotatable bonds is 8. The summed E-state index contributed by atoms with van der Waals surface area (Å²) in [6.45, 7) is 2.55. The Bertz CT molecular complexity index is 1510. The number of nitrogens with one attached hydrogen (secondary N) is 1. The highest BCUT2D eigenvalue weighted by Gasteiger charge is 2.48. The van der Waals surface area contributed by atoms with Gasteiger partial charge in [-0.05, 0) is 47.9 Å². The first-order valence-corrected chi connectivity index (χ1v) is 13.2. The number of carbonyl (C=O) groups is 3. The van der Waals surface area contributed by atoms with Gasteiger partial charge in [0.2, 0.25) is 5.91 Å². The van der Waals surface area contributed by atoms with Crippen LogP contribution in [-0.2, 0) is 22.6 Å². The van der Waals surface area contributed by atoms with E-state index in [0.717, 1.165) is 16.7 Å². The Hall–Kier alpha value is -4.91. The van der Waals surface area contributed by atoms with Gasteiger partial charge in [0.15, 0.2) is 12.1 Å². The lowest BCUT2D eigenvalue weighted by atomic mass is 9.99. The van der Waals surface area contributed by atoms with Crippen LogP contribution in [0.2, 0.25) is 0 Å². The molecule has 4 aromatic rings. The fraction of sp³-hybridized carbons (Fsp3) is 0.182. The smallest absolute Gasteiger partial charge is 0.411 e. The van der Waals surface area contributed by atoms with E-state index in [9.17, 15) is 14.4 Å². The summed E-state index contributed by atoms with van der Waals surface area (Å²) in [4.78, 5) is 43.1. The number of cyclic esters (lactones) is 1. The van der Waals surface area contributed by atoms with Crippen molar-refractivity contribution in [1.29, 1.82) is 0 Å². The number of hydrogen-bond acceptors (Lipinski definition) is 4. The molecule has 5 rings (SSSR count). The number of aryl methyl sites for hydroxylation is 1. The lowest BCUT2D eigenvalue weighted by Crippen LogP contribution is -2.46. The first-order chi connectivity index (χ1) is 19.4. The van der Waals surface area contributed by atoms with Gasteiger partial charge >= 0.3 is 6.09 Å². The van der Waals surface area contributed by atoms with E-state index in [1.165, 1.54) is 4.90 Å². The highest BCUT2D eigenvalue weighted by molar-refractivity contribution is 6.04. The highest BCUT2D eigenvalue weighted by atomic mass is 16.6. The molecule has 0 unspecified atom stereocenters. The third-order valence-corrected chi connectivity index (χ3v) is 6.93. The second-order valence-corrected chi connectivity index (χ2v) is 9.99.